The molecule has 1 fully saturated rings. The number of amides is 4. The molecule has 3 rings (SSSR count). The molecule has 10 heteroatoms. The molecular formula is C20H17BrF3N3O3. The SMILES string of the molecule is CCC1(c2ccccc2)NC(=O)N(CC(=O)Nc2ccc(Br)c(C(F)(F)F)c2)C1=O. The normalized spacial score (nSPS) is 19.0. The van der Waals surface area contributed by atoms with E-state index in [1.807, 2.05) is 0 Å². The van der Waals surface area contributed by atoms with Gasteiger partial charge in [-0.3, -0.25) is 14.5 Å². The summed E-state index contributed by atoms with van der Waals surface area (Å²) in [6.45, 7) is 1.10. The number of halogens is 4. The topological polar surface area (TPSA) is 78.5 Å². The van der Waals surface area contributed by atoms with Crippen molar-refractivity contribution in [2.75, 3.05) is 11.9 Å². The van der Waals surface area contributed by atoms with Crippen LogP contribution in [-0.4, -0.2) is 29.3 Å². The number of anilines is 1. The Morgan fingerprint density at radius 3 is 2.43 bits per heavy atom. The number of imide groups is 1. The van der Waals surface area contributed by atoms with Gasteiger partial charge < -0.3 is 10.6 Å². The van der Waals surface area contributed by atoms with Gasteiger partial charge in [-0.1, -0.05) is 53.2 Å². The lowest BCUT2D eigenvalue weighted by molar-refractivity contribution is -0.138. The lowest BCUT2D eigenvalue weighted by Gasteiger charge is -2.25. The van der Waals surface area contributed by atoms with Gasteiger partial charge >= 0.3 is 12.2 Å². The lowest BCUT2D eigenvalue weighted by Crippen LogP contribution is -2.44. The minimum Gasteiger partial charge on any atom is -0.325 e. The van der Waals surface area contributed by atoms with Gasteiger partial charge in [-0.25, -0.2) is 4.79 Å². The number of benzene rings is 2. The fourth-order valence-corrected chi connectivity index (χ4v) is 3.77. The molecule has 1 aliphatic rings. The number of rotatable bonds is 5. The summed E-state index contributed by atoms with van der Waals surface area (Å²) < 4.78 is 38.9. The van der Waals surface area contributed by atoms with Crippen molar-refractivity contribution in [1.29, 1.82) is 0 Å². The number of hydrogen-bond acceptors (Lipinski definition) is 3. The van der Waals surface area contributed by atoms with Crippen molar-refractivity contribution < 1.29 is 27.6 Å². The minimum atomic E-state index is -4.61. The molecule has 30 heavy (non-hydrogen) atoms. The second-order valence-corrected chi connectivity index (χ2v) is 7.54. The Balaban J connectivity index is 1.78. The third kappa shape index (κ3) is 4.04. The zero-order chi connectivity index (χ0) is 22.1. The lowest BCUT2D eigenvalue weighted by atomic mass is 9.87. The molecule has 2 N–H and O–H groups in total. The average Bonchev–Trinajstić information content (AvgIpc) is 2.94. The minimum absolute atomic E-state index is 0.104. The molecule has 0 aliphatic carbocycles. The predicted octanol–water partition coefficient (Wildman–Crippen LogP) is 4.26. The highest BCUT2D eigenvalue weighted by atomic mass is 79.9. The molecule has 0 spiro atoms. The van der Waals surface area contributed by atoms with Crippen LogP contribution in [0.4, 0.5) is 23.7 Å². The van der Waals surface area contributed by atoms with E-state index >= 15 is 0 Å². The van der Waals surface area contributed by atoms with Gasteiger partial charge in [0.2, 0.25) is 5.91 Å². The summed E-state index contributed by atoms with van der Waals surface area (Å²) >= 11 is 2.82. The smallest absolute Gasteiger partial charge is 0.325 e. The molecule has 2 aromatic rings. The standard InChI is InChI=1S/C20H17BrF3N3O3/c1-2-19(12-6-4-3-5-7-12)17(29)27(18(30)26-19)11-16(28)25-13-8-9-15(21)14(10-13)20(22,23)24/h3-10H,2,11H2,1H3,(H,25,28)(H,26,30). The van der Waals surface area contributed by atoms with Crippen LogP contribution in [0.1, 0.15) is 24.5 Å². The van der Waals surface area contributed by atoms with Crippen LogP contribution in [0, 0.1) is 0 Å². The monoisotopic (exact) mass is 483 g/mol. The molecule has 1 saturated heterocycles. The predicted molar refractivity (Wildman–Crippen MR) is 106 cm³/mol. The molecule has 0 aromatic heterocycles. The molecule has 1 heterocycles. The van der Waals surface area contributed by atoms with Crippen molar-refractivity contribution in [3.05, 3.63) is 64.1 Å². The Bertz CT molecular complexity index is 998. The van der Waals surface area contributed by atoms with Crippen molar-refractivity contribution in [3.63, 3.8) is 0 Å². The van der Waals surface area contributed by atoms with Crippen LogP contribution in [-0.2, 0) is 21.3 Å². The van der Waals surface area contributed by atoms with Crippen molar-refractivity contribution in [2.45, 2.75) is 25.1 Å². The second kappa shape index (κ2) is 8.10. The van der Waals surface area contributed by atoms with E-state index in [0.29, 0.717) is 5.56 Å². The van der Waals surface area contributed by atoms with E-state index in [-0.39, 0.29) is 16.6 Å². The number of hydrogen-bond donors (Lipinski definition) is 2. The summed E-state index contributed by atoms with van der Waals surface area (Å²) in [7, 11) is 0. The Hall–Kier alpha value is -2.88. The first-order chi connectivity index (χ1) is 14.1. The second-order valence-electron chi connectivity index (χ2n) is 6.69. The van der Waals surface area contributed by atoms with Crippen molar-refractivity contribution in [1.82, 2.24) is 10.2 Å². The van der Waals surface area contributed by atoms with E-state index in [1.165, 1.54) is 6.07 Å². The van der Waals surface area contributed by atoms with E-state index in [2.05, 4.69) is 26.6 Å². The summed E-state index contributed by atoms with van der Waals surface area (Å²) in [5.41, 5.74) is -1.77. The molecule has 1 atom stereocenters. The maximum atomic E-state index is 13.0. The highest BCUT2D eigenvalue weighted by molar-refractivity contribution is 9.10. The molecule has 4 amide bonds. The number of carbonyl (C=O) groups excluding carboxylic acids is 3. The molecule has 0 radical (unpaired) electrons. The van der Waals surface area contributed by atoms with Crippen LogP contribution < -0.4 is 10.6 Å². The molecule has 0 saturated carbocycles. The number of carbonyl (C=O) groups is 3. The maximum absolute atomic E-state index is 13.0. The zero-order valence-corrected chi connectivity index (χ0v) is 17.3. The van der Waals surface area contributed by atoms with Gasteiger partial charge in [-0.05, 0) is 30.2 Å². The fraction of sp³-hybridized carbons (Fsp3) is 0.250. The quantitative estimate of drug-likeness (QED) is 0.623. The van der Waals surface area contributed by atoms with Gasteiger partial charge in [0.05, 0.1) is 5.56 Å². The largest absolute Gasteiger partial charge is 0.417 e. The Kier molecular flexibility index (Phi) is 5.89. The molecule has 2 aromatic carbocycles. The first kappa shape index (κ1) is 21.8. The van der Waals surface area contributed by atoms with E-state index in [9.17, 15) is 27.6 Å². The summed E-state index contributed by atoms with van der Waals surface area (Å²) in [4.78, 5) is 38.5. The molecule has 0 bridgehead atoms. The van der Waals surface area contributed by atoms with Gasteiger partial charge in [0.1, 0.15) is 12.1 Å². The maximum Gasteiger partial charge on any atom is 0.417 e. The average molecular weight is 484 g/mol. The van der Waals surface area contributed by atoms with Gasteiger partial charge in [-0.2, -0.15) is 13.2 Å². The fourth-order valence-electron chi connectivity index (χ4n) is 3.30. The van der Waals surface area contributed by atoms with Crippen LogP contribution in [0.3, 0.4) is 0 Å². The van der Waals surface area contributed by atoms with Crippen LogP contribution in [0.25, 0.3) is 0 Å². The number of urea groups is 1. The van der Waals surface area contributed by atoms with E-state index in [4.69, 9.17) is 0 Å². The third-order valence-electron chi connectivity index (χ3n) is 4.83. The van der Waals surface area contributed by atoms with E-state index < -0.39 is 41.7 Å². The van der Waals surface area contributed by atoms with Gasteiger partial charge in [0.15, 0.2) is 0 Å². The Morgan fingerprint density at radius 1 is 1.17 bits per heavy atom. The first-order valence-corrected chi connectivity index (χ1v) is 9.74. The summed E-state index contributed by atoms with van der Waals surface area (Å²) in [6, 6.07) is 11.1. The third-order valence-corrected chi connectivity index (χ3v) is 5.52. The highest BCUT2D eigenvalue weighted by Crippen LogP contribution is 2.36. The molecule has 158 valence electrons. The van der Waals surface area contributed by atoms with Gasteiger partial charge in [0, 0.05) is 10.2 Å². The van der Waals surface area contributed by atoms with Gasteiger partial charge in [0.25, 0.3) is 5.91 Å². The zero-order valence-electron chi connectivity index (χ0n) is 15.7. The van der Waals surface area contributed by atoms with E-state index in [0.717, 1.165) is 17.0 Å². The molecular weight excluding hydrogens is 467 g/mol. The van der Waals surface area contributed by atoms with Crippen LogP contribution in [0.5, 0.6) is 0 Å². The van der Waals surface area contributed by atoms with Crippen LogP contribution >= 0.6 is 15.9 Å². The first-order valence-electron chi connectivity index (χ1n) is 8.94. The molecule has 1 aliphatic heterocycles. The van der Waals surface area contributed by atoms with Crippen LogP contribution in [0.2, 0.25) is 0 Å². The van der Waals surface area contributed by atoms with Crippen LogP contribution in [0.15, 0.2) is 53.0 Å². The summed E-state index contributed by atoms with van der Waals surface area (Å²) in [5.74, 6) is -1.39. The Labute approximate surface area is 178 Å². The number of alkyl halides is 3. The van der Waals surface area contributed by atoms with E-state index in [1.54, 1.807) is 37.3 Å². The summed E-state index contributed by atoms with van der Waals surface area (Å²) in [5, 5.41) is 4.94. The van der Waals surface area contributed by atoms with Gasteiger partial charge in [-0.15, -0.1) is 0 Å². The molecule has 1 unspecified atom stereocenters. The number of nitrogens with zero attached hydrogens (tertiary/aromatic N) is 1. The molecule has 6 nitrogen and oxygen atoms in total. The number of nitrogens with one attached hydrogen (secondary N) is 2. The van der Waals surface area contributed by atoms with Crippen molar-refractivity contribution in [3.8, 4) is 0 Å². The van der Waals surface area contributed by atoms with Crippen molar-refractivity contribution >= 4 is 39.5 Å². The Morgan fingerprint density at radius 2 is 1.83 bits per heavy atom. The highest BCUT2D eigenvalue weighted by Gasteiger charge is 2.51. The summed E-state index contributed by atoms with van der Waals surface area (Å²) in [6.07, 6.45) is -4.35. The van der Waals surface area contributed by atoms with Crippen molar-refractivity contribution in [2.24, 2.45) is 0 Å².